The molecule has 0 radical (unpaired) electrons. The number of halogens is 1. The fourth-order valence-electron chi connectivity index (χ4n) is 4.20. The van der Waals surface area contributed by atoms with Crippen LogP contribution < -0.4 is 4.90 Å². The van der Waals surface area contributed by atoms with Gasteiger partial charge in [-0.3, -0.25) is 0 Å². The van der Waals surface area contributed by atoms with Crippen molar-refractivity contribution in [3.63, 3.8) is 0 Å². The average molecular weight is 432 g/mol. The Morgan fingerprint density at radius 2 is 1.88 bits per heavy atom. The lowest BCUT2D eigenvalue weighted by molar-refractivity contribution is -0.137. The molecule has 1 aliphatic heterocycles. The molecule has 4 nitrogen and oxygen atoms in total. The maximum absolute atomic E-state index is 13.5. The standard InChI is InChI=1S/C27H26FNO3/c1-2-32-27(31)14-7-19-3-5-20(6-4-19)17-26-25-13-12-24(30)18-21(25)15-16-29(26)23-10-8-22(28)9-11-23/h3-14,18,26,30H,2,15-17H2,1H3/b14-7+. The first kappa shape index (κ1) is 21.6. The van der Waals surface area contributed by atoms with E-state index in [9.17, 15) is 14.3 Å². The van der Waals surface area contributed by atoms with E-state index in [2.05, 4.69) is 17.0 Å². The summed E-state index contributed by atoms with van der Waals surface area (Å²) in [5, 5.41) is 9.94. The SMILES string of the molecule is CCOC(=O)/C=C/c1ccc(CC2c3ccc(O)cc3CCN2c2ccc(F)cc2)cc1. The van der Waals surface area contributed by atoms with Gasteiger partial charge < -0.3 is 14.7 Å². The zero-order valence-electron chi connectivity index (χ0n) is 18.0. The van der Waals surface area contributed by atoms with E-state index in [1.54, 1.807) is 19.1 Å². The van der Waals surface area contributed by atoms with Crippen LogP contribution in [0.25, 0.3) is 6.08 Å². The van der Waals surface area contributed by atoms with Gasteiger partial charge in [0.1, 0.15) is 11.6 Å². The normalized spacial score (nSPS) is 15.6. The van der Waals surface area contributed by atoms with Crippen LogP contribution in [0.3, 0.4) is 0 Å². The highest BCUT2D eigenvalue weighted by molar-refractivity contribution is 5.87. The minimum atomic E-state index is -0.353. The number of esters is 1. The number of hydrogen-bond acceptors (Lipinski definition) is 4. The fourth-order valence-corrected chi connectivity index (χ4v) is 4.20. The second-order valence-corrected chi connectivity index (χ2v) is 7.85. The number of anilines is 1. The van der Waals surface area contributed by atoms with E-state index in [-0.39, 0.29) is 23.6 Å². The number of carbonyl (C=O) groups is 1. The summed E-state index contributed by atoms with van der Waals surface area (Å²) >= 11 is 0. The molecule has 1 heterocycles. The van der Waals surface area contributed by atoms with Gasteiger partial charge in [0.15, 0.2) is 0 Å². The zero-order valence-corrected chi connectivity index (χ0v) is 18.0. The summed E-state index contributed by atoms with van der Waals surface area (Å²) < 4.78 is 18.4. The third-order valence-corrected chi connectivity index (χ3v) is 5.75. The Kier molecular flexibility index (Phi) is 6.55. The van der Waals surface area contributed by atoms with Gasteiger partial charge in [-0.15, -0.1) is 0 Å². The number of hydrogen-bond donors (Lipinski definition) is 1. The fraction of sp³-hybridized carbons (Fsp3) is 0.222. The van der Waals surface area contributed by atoms with Crippen molar-refractivity contribution in [1.29, 1.82) is 0 Å². The Labute approximate surface area is 187 Å². The highest BCUT2D eigenvalue weighted by atomic mass is 19.1. The second-order valence-electron chi connectivity index (χ2n) is 7.85. The molecule has 3 aromatic carbocycles. The van der Waals surface area contributed by atoms with E-state index >= 15 is 0 Å². The van der Waals surface area contributed by atoms with E-state index in [1.165, 1.54) is 23.8 Å². The van der Waals surface area contributed by atoms with Crippen molar-refractivity contribution in [3.05, 3.63) is 101 Å². The highest BCUT2D eigenvalue weighted by Crippen LogP contribution is 2.37. The van der Waals surface area contributed by atoms with Crippen LogP contribution in [0.2, 0.25) is 0 Å². The summed E-state index contributed by atoms with van der Waals surface area (Å²) in [5.41, 5.74) is 5.36. The number of ether oxygens (including phenoxy) is 1. The number of benzene rings is 3. The summed E-state index contributed by atoms with van der Waals surface area (Å²) in [7, 11) is 0. The molecule has 0 saturated carbocycles. The van der Waals surface area contributed by atoms with Gasteiger partial charge in [0.05, 0.1) is 12.6 Å². The number of phenolic OH excluding ortho intramolecular Hbond substituents is 1. The number of fused-ring (bicyclic) bond motifs is 1. The molecule has 1 unspecified atom stereocenters. The number of phenols is 1. The van der Waals surface area contributed by atoms with Crippen molar-refractivity contribution in [2.45, 2.75) is 25.8 Å². The van der Waals surface area contributed by atoms with E-state index in [4.69, 9.17) is 4.74 Å². The molecule has 5 heteroatoms. The molecular weight excluding hydrogens is 405 g/mol. The van der Waals surface area contributed by atoms with Crippen molar-refractivity contribution in [2.75, 3.05) is 18.1 Å². The Morgan fingerprint density at radius 3 is 2.59 bits per heavy atom. The van der Waals surface area contributed by atoms with Crippen molar-refractivity contribution < 1.29 is 19.0 Å². The van der Waals surface area contributed by atoms with Crippen LogP contribution in [0.15, 0.2) is 72.8 Å². The molecule has 1 N–H and O–H groups in total. The highest BCUT2D eigenvalue weighted by Gasteiger charge is 2.28. The molecule has 4 rings (SSSR count). The van der Waals surface area contributed by atoms with Gasteiger partial charge in [-0.1, -0.05) is 30.3 Å². The monoisotopic (exact) mass is 431 g/mol. The maximum Gasteiger partial charge on any atom is 0.330 e. The molecule has 164 valence electrons. The summed E-state index contributed by atoms with van der Waals surface area (Å²) in [6, 6.07) is 20.3. The zero-order chi connectivity index (χ0) is 22.5. The van der Waals surface area contributed by atoms with Gasteiger partial charge in [-0.25, -0.2) is 9.18 Å². The Bertz CT molecular complexity index is 1110. The lowest BCUT2D eigenvalue weighted by atomic mass is 9.88. The molecule has 0 bridgehead atoms. The first-order chi connectivity index (χ1) is 15.5. The van der Waals surface area contributed by atoms with Crippen LogP contribution in [-0.2, 0) is 22.4 Å². The predicted molar refractivity (Wildman–Crippen MR) is 124 cm³/mol. The van der Waals surface area contributed by atoms with Crippen LogP contribution in [0.4, 0.5) is 10.1 Å². The van der Waals surface area contributed by atoms with Gasteiger partial charge in [0.25, 0.3) is 0 Å². The minimum Gasteiger partial charge on any atom is -0.508 e. The first-order valence-electron chi connectivity index (χ1n) is 10.8. The van der Waals surface area contributed by atoms with Gasteiger partial charge in [-0.05, 0) is 84.5 Å². The third kappa shape index (κ3) is 4.99. The Hall–Kier alpha value is -3.60. The van der Waals surface area contributed by atoms with Crippen LogP contribution in [0.1, 0.15) is 35.2 Å². The molecule has 0 aliphatic carbocycles. The molecule has 0 aromatic heterocycles. The summed E-state index contributed by atoms with van der Waals surface area (Å²) in [6.45, 7) is 2.92. The van der Waals surface area contributed by atoms with Crippen LogP contribution in [0.5, 0.6) is 5.75 Å². The van der Waals surface area contributed by atoms with E-state index in [0.29, 0.717) is 6.61 Å². The third-order valence-electron chi connectivity index (χ3n) is 5.75. The number of carbonyl (C=O) groups excluding carboxylic acids is 1. The van der Waals surface area contributed by atoms with Gasteiger partial charge in [0, 0.05) is 18.3 Å². The summed E-state index contributed by atoms with van der Waals surface area (Å²) in [6.07, 6.45) is 4.75. The van der Waals surface area contributed by atoms with Gasteiger partial charge >= 0.3 is 5.97 Å². The summed E-state index contributed by atoms with van der Waals surface area (Å²) in [5.74, 6) is -0.330. The van der Waals surface area contributed by atoms with Gasteiger partial charge in [-0.2, -0.15) is 0 Å². The number of nitrogens with zero attached hydrogens (tertiary/aromatic N) is 1. The summed E-state index contributed by atoms with van der Waals surface area (Å²) in [4.78, 5) is 13.8. The van der Waals surface area contributed by atoms with Crippen LogP contribution in [0, 0.1) is 5.82 Å². The van der Waals surface area contributed by atoms with E-state index < -0.39 is 0 Å². The average Bonchev–Trinajstić information content (AvgIpc) is 2.79. The first-order valence-corrected chi connectivity index (χ1v) is 10.8. The lowest BCUT2D eigenvalue weighted by Crippen LogP contribution is -2.36. The quantitative estimate of drug-likeness (QED) is 0.416. The minimum absolute atomic E-state index is 0.0609. The Balaban J connectivity index is 1.59. The molecular formula is C27H26FNO3. The molecule has 0 spiro atoms. The second kappa shape index (κ2) is 9.69. The smallest absolute Gasteiger partial charge is 0.330 e. The molecule has 0 saturated heterocycles. The molecule has 0 amide bonds. The number of aromatic hydroxyl groups is 1. The van der Waals surface area contributed by atoms with Crippen LogP contribution in [-0.4, -0.2) is 24.2 Å². The molecule has 1 atom stereocenters. The molecule has 3 aromatic rings. The lowest BCUT2D eigenvalue weighted by Gasteiger charge is -2.39. The van der Waals surface area contributed by atoms with Crippen LogP contribution >= 0.6 is 0 Å². The Morgan fingerprint density at radius 1 is 1.12 bits per heavy atom. The van der Waals surface area contributed by atoms with Gasteiger partial charge in [0.2, 0.25) is 0 Å². The van der Waals surface area contributed by atoms with E-state index in [1.807, 2.05) is 36.4 Å². The van der Waals surface area contributed by atoms with Crippen molar-refractivity contribution in [1.82, 2.24) is 0 Å². The maximum atomic E-state index is 13.5. The van der Waals surface area contributed by atoms with E-state index in [0.717, 1.165) is 41.8 Å². The largest absolute Gasteiger partial charge is 0.508 e. The van der Waals surface area contributed by atoms with Crippen molar-refractivity contribution in [3.8, 4) is 5.75 Å². The topological polar surface area (TPSA) is 49.8 Å². The van der Waals surface area contributed by atoms with Crippen molar-refractivity contribution >= 4 is 17.7 Å². The molecule has 0 fully saturated rings. The molecule has 32 heavy (non-hydrogen) atoms. The van der Waals surface area contributed by atoms with Crippen molar-refractivity contribution in [2.24, 2.45) is 0 Å². The molecule has 1 aliphatic rings. The number of rotatable bonds is 6. The predicted octanol–water partition coefficient (Wildman–Crippen LogP) is 5.45.